The zero-order valence-corrected chi connectivity index (χ0v) is 9.97. The van der Waals surface area contributed by atoms with Gasteiger partial charge in [-0.2, -0.15) is 26.3 Å². The third kappa shape index (κ3) is 4.97. The van der Waals surface area contributed by atoms with Gasteiger partial charge >= 0.3 is 18.3 Å². The SMILES string of the molecule is O=C(CC(F)(F)F)Nc1cc(C(F)(F)F)ccc1C(=O)O. The molecule has 1 aromatic carbocycles. The number of aromatic carboxylic acids is 1. The van der Waals surface area contributed by atoms with Crippen LogP contribution in [0.1, 0.15) is 22.3 Å². The number of carboxylic acid groups (broad SMARTS) is 1. The van der Waals surface area contributed by atoms with E-state index in [1.165, 1.54) is 5.32 Å². The number of anilines is 1. The minimum atomic E-state index is -4.87. The van der Waals surface area contributed by atoms with Crippen molar-refractivity contribution in [3.05, 3.63) is 29.3 Å². The fourth-order valence-electron chi connectivity index (χ4n) is 1.39. The van der Waals surface area contributed by atoms with Gasteiger partial charge in [0, 0.05) is 0 Å². The van der Waals surface area contributed by atoms with Crippen LogP contribution < -0.4 is 5.32 Å². The van der Waals surface area contributed by atoms with E-state index >= 15 is 0 Å². The van der Waals surface area contributed by atoms with Gasteiger partial charge in [-0.3, -0.25) is 4.79 Å². The van der Waals surface area contributed by atoms with E-state index in [-0.39, 0.29) is 6.07 Å². The molecule has 1 aromatic rings. The first kappa shape index (κ1) is 16.8. The Morgan fingerprint density at radius 1 is 1.10 bits per heavy atom. The second-order valence-electron chi connectivity index (χ2n) is 3.90. The molecule has 0 aliphatic carbocycles. The number of carbonyl (C=O) groups excluding carboxylic acids is 1. The van der Waals surface area contributed by atoms with Gasteiger partial charge in [-0.25, -0.2) is 4.79 Å². The first-order chi connectivity index (χ1) is 9.40. The van der Waals surface area contributed by atoms with Gasteiger partial charge in [-0.05, 0) is 18.2 Å². The molecule has 0 saturated heterocycles. The fourth-order valence-corrected chi connectivity index (χ4v) is 1.39. The van der Waals surface area contributed by atoms with Crippen LogP contribution in [0.5, 0.6) is 0 Å². The van der Waals surface area contributed by atoms with Crippen LogP contribution in [-0.2, 0) is 11.0 Å². The van der Waals surface area contributed by atoms with Crippen LogP contribution in [0.25, 0.3) is 0 Å². The predicted octanol–water partition coefficient (Wildman–Crippen LogP) is 3.29. The van der Waals surface area contributed by atoms with Gasteiger partial charge in [-0.1, -0.05) is 0 Å². The maximum absolute atomic E-state index is 12.5. The molecule has 4 nitrogen and oxygen atoms in total. The highest BCUT2D eigenvalue weighted by Gasteiger charge is 2.34. The molecule has 0 atom stereocenters. The average Bonchev–Trinajstić information content (AvgIpc) is 2.24. The molecule has 0 radical (unpaired) electrons. The molecule has 0 saturated carbocycles. The van der Waals surface area contributed by atoms with Crippen molar-refractivity contribution < 1.29 is 41.0 Å². The number of alkyl halides is 6. The van der Waals surface area contributed by atoms with Crippen LogP contribution in [-0.4, -0.2) is 23.2 Å². The topological polar surface area (TPSA) is 66.4 Å². The van der Waals surface area contributed by atoms with E-state index in [1.807, 2.05) is 0 Å². The summed E-state index contributed by atoms with van der Waals surface area (Å²) in [4.78, 5) is 21.9. The van der Waals surface area contributed by atoms with Gasteiger partial charge in [0.2, 0.25) is 5.91 Å². The van der Waals surface area contributed by atoms with Crippen molar-refractivity contribution in [1.82, 2.24) is 0 Å². The summed E-state index contributed by atoms with van der Waals surface area (Å²) >= 11 is 0. The lowest BCUT2D eigenvalue weighted by Crippen LogP contribution is -2.22. The minimum Gasteiger partial charge on any atom is -0.478 e. The van der Waals surface area contributed by atoms with Crippen molar-refractivity contribution in [2.45, 2.75) is 18.8 Å². The Hall–Kier alpha value is -2.26. The second-order valence-corrected chi connectivity index (χ2v) is 3.90. The number of amides is 1. The summed E-state index contributed by atoms with van der Waals surface area (Å²) in [7, 11) is 0. The van der Waals surface area contributed by atoms with Gasteiger partial charge in [0.1, 0.15) is 6.42 Å². The predicted molar refractivity (Wildman–Crippen MR) is 57.7 cm³/mol. The van der Waals surface area contributed by atoms with Crippen molar-refractivity contribution in [1.29, 1.82) is 0 Å². The summed E-state index contributed by atoms with van der Waals surface area (Å²) in [5.41, 5.74) is -2.90. The number of halogens is 6. The molecule has 0 fully saturated rings. The molecule has 0 unspecified atom stereocenters. The summed E-state index contributed by atoms with van der Waals surface area (Å²) in [6, 6.07) is 1.26. The number of benzene rings is 1. The number of hydrogen-bond donors (Lipinski definition) is 2. The molecule has 0 aliphatic heterocycles. The molecule has 0 aromatic heterocycles. The zero-order valence-electron chi connectivity index (χ0n) is 9.97. The summed E-state index contributed by atoms with van der Waals surface area (Å²) < 4.78 is 73.3. The van der Waals surface area contributed by atoms with Crippen molar-refractivity contribution in [2.75, 3.05) is 5.32 Å². The Kier molecular flexibility index (Phi) is 4.49. The Morgan fingerprint density at radius 3 is 2.10 bits per heavy atom. The highest BCUT2D eigenvalue weighted by Crippen LogP contribution is 2.32. The summed E-state index contributed by atoms with van der Waals surface area (Å²) in [5, 5.41) is 10.3. The Bertz CT molecular complexity index is 564. The third-order valence-corrected chi connectivity index (χ3v) is 2.21. The lowest BCUT2D eigenvalue weighted by atomic mass is 10.1. The second kappa shape index (κ2) is 5.62. The average molecular weight is 315 g/mol. The van der Waals surface area contributed by atoms with E-state index in [0.717, 1.165) is 0 Å². The third-order valence-electron chi connectivity index (χ3n) is 2.21. The van der Waals surface area contributed by atoms with Crippen LogP contribution in [0.3, 0.4) is 0 Å². The maximum atomic E-state index is 12.5. The highest BCUT2D eigenvalue weighted by molar-refractivity contribution is 6.00. The van der Waals surface area contributed by atoms with E-state index in [9.17, 15) is 35.9 Å². The maximum Gasteiger partial charge on any atom is 0.416 e. The lowest BCUT2D eigenvalue weighted by Gasteiger charge is -2.13. The normalized spacial score (nSPS) is 12.1. The van der Waals surface area contributed by atoms with Gasteiger partial charge in [0.25, 0.3) is 0 Å². The molecule has 0 bridgehead atoms. The molecule has 0 spiro atoms. The lowest BCUT2D eigenvalue weighted by molar-refractivity contribution is -0.150. The van der Waals surface area contributed by atoms with Crippen LogP contribution >= 0.6 is 0 Å². The quantitative estimate of drug-likeness (QED) is 0.841. The van der Waals surface area contributed by atoms with Gasteiger partial charge in [0.05, 0.1) is 16.8 Å². The molecule has 1 rings (SSSR count). The Morgan fingerprint density at radius 2 is 1.67 bits per heavy atom. The van der Waals surface area contributed by atoms with Gasteiger partial charge in [0.15, 0.2) is 0 Å². The number of nitrogens with one attached hydrogen (secondary N) is 1. The molecule has 21 heavy (non-hydrogen) atoms. The van der Waals surface area contributed by atoms with E-state index in [0.29, 0.717) is 12.1 Å². The molecule has 0 aliphatic rings. The minimum absolute atomic E-state index is 0.262. The number of carboxylic acids is 1. The number of carbonyl (C=O) groups is 2. The van der Waals surface area contributed by atoms with E-state index in [4.69, 9.17) is 5.11 Å². The zero-order chi connectivity index (χ0) is 16.4. The Balaban J connectivity index is 3.13. The van der Waals surface area contributed by atoms with Crippen molar-refractivity contribution in [2.24, 2.45) is 0 Å². The van der Waals surface area contributed by atoms with E-state index in [1.54, 1.807) is 0 Å². The smallest absolute Gasteiger partial charge is 0.416 e. The molecular weight excluding hydrogens is 308 g/mol. The standard InChI is InChI=1S/C11H7F6NO3/c12-10(13,14)4-8(19)18-7-3-5(11(15,16)17)1-2-6(7)9(20)21/h1-3H,4H2,(H,18,19)(H,20,21). The van der Waals surface area contributed by atoms with E-state index in [2.05, 4.69) is 0 Å². The summed E-state index contributed by atoms with van der Waals surface area (Å²) in [6.07, 6.45) is -11.6. The van der Waals surface area contributed by atoms with E-state index < -0.39 is 47.5 Å². The first-order valence-electron chi connectivity index (χ1n) is 5.21. The molecule has 2 N–H and O–H groups in total. The van der Waals surface area contributed by atoms with Crippen molar-refractivity contribution >= 4 is 17.6 Å². The summed E-state index contributed by atoms with van der Waals surface area (Å²) in [6.45, 7) is 0. The van der Waals surface area contributed by atoms with Crippen LogP contribution in [0.4, 0.5) is 32.0 Å². The van der Waals surface area contributed by atoms with Crippen molar-refractivity contribution in [3.63, 3.8) is 0 Å². The van der Waals surface area contributed by atoms with Crippen LogP contribution in [0, 0.1) is 0 Å². The molecule has 0 heterocycles. The monoisotopic (exact) mass is 315 g/mol. The molecule has 1 amide bonds. The fraction of sp³-hybridized carbons (Fsp3) is 0.273. The van der Waals surface area contributed by atoms with Crippen LogP contribution in [0.2, 0.25) is 0 Å². The number of hydrogen-bond acceptors (Lipinski definition) is 2. The Labute approximate surface area is 113 Å². The number of rotatable bonds is 3. The molecule has 116 valence electrons. The van der Waals surface area contributed by atoms with Gasteiger partial charge in [-0.15, -0.1) is 0 Å². The van der Waals surface area contributed by atoms with Crippen LogP contribution in [0.15, 0.2) is 18.2 Å². The largest absolute Gasteiger partial charge is 0.478 e. The highest BCUT2D eigenvalue weighted by atomic mass is 19.4. The van der Waals surface area contributed by atoms with Crippen molar-refractivity contribution in [3.8, 4) is 0 Å². The molecule has 10 heteroatoms. The first-order valence-corrected chi connectivity index (χ1v) is 5.21. The summed E-state index contributed by atoms with van der Waals surface area (Å²) in [5.74, 6) is -3.35. The van der Waals surface area contributed by atoms with Gasteiger partial charge < -0.3 is 10.4 Å². The molecular formula is C11H7F6NO3.